The predicted molar refractivity (Wildman–Crippen MR) is 128 cm³/mol. The number of nitrogens with one attached hydrogen (secondary N) is 2. The Hall–Kier alpha value is -4.04. The average molecular weight is 463 g/mol. The second-order valence-corrected chi connectivity index (χ2v) is 9.07. The fourth-order valence-electron chi connectivity index (χ4n) is 3.44. The van der Waals surface area contributed by atoms with Crippen molar-refractivity contribution < 1.29 is 23.1 Å². The van der Waals surface area contributed by atoms with Gasteiger partial charge in [0.25, 0.3) is 10.0 Å². The molecule has 33 heavy (non-hydrogen) atoms. The molecule has 3 N–H and O–H groups in total. The van der Waals surface area contributed by atoms with Gasteiger partial charge in [0.15, 0.2) is 0 Å². The van der Waals surface area contributed by atoms with Gasteiger partial charge < -0.3 is 15.2 Å². The number of carbonyl (C=O) groups is 1. The monoisotopic (exact) mass is 462 g/mol. The molecule has 0 aliphatic carbocycles. The maximum Gasteiger partial charge on any atom is 0.262 e. The van der Waals surface area contributed by atoms with Crippen molar-refractivity contribution in [3.05, 3.63) is 90.5 Å². The number of rotatable bonds is 7. The predicted octanol–water partition coefficient (Wildman–Crippen LogP) is 4.54. The fourth-order valence-corrected chi connectivity index (χ4v) is 4.54. The number of amides is 1. The standard InChI is InChI=1S/C25H22N2O5S/c1-32-24-9-5-4-8-21(24)27-33(30,31)20-12-13-23(28)22(16-20)26-25(29)15-17-10-11-18-6-2-3-7-19(18)14-17/h2-14,16,27-28H,15H2,1H3,(H,26,29). The van der Waals surface area contributed by atoms with Crippen LogP contribution in [0.15, 0.2) is 89.8 Å². The number of hydrogen-bond donors (Lipinski definition) is 3. The molecule has 0 saturated carbocycles. The number of phenols is 1. The van der Waals surface area contributed by atoms with Crippen LogP contribution < -0.4 is 14.8 Å². The smallest absolute Gasteiger partial charge is 0.262 e. The van der Waals surface area contributed by atoms with Crippen LogP contribution in [0, 0.1) is 0 Å². The minimum Gasteiger partial charge on any atom is -0.506 e. The molecule has 0 aliphatic heterocycles. The molecule has 0 spiro atoms. The number of benzene rings is 4. The van der Waals surface area contributed by atoms with E-state index in [1.165, 1.54) is 25.3 Å². The number of fused-ring (bicyclic) bond motifs is 1. The summed E-state index contributed by atoms with van der Waals surface area (Å²) < 4.78 is 33.4. The molecule has 0 aromatic heterocycles. The Morgan fingerprint density at radius 3 is 2.39 bits per heavy atom. The van der Waals surface area contributed by atoms with Gasteiger partial charge in [0.05, 0.1) is 29.8 Å². The lowest BCUT2D eigenvalue weighted by Crippen LogP contribution is -2.16. The summed E-state index contributed by atoms with van der Waals surface area (Å²) in [4.78, 5) is 12.5. The summed E-state index contributed by atoms with van der Waals surface area (Å²) in [5.41, 5.74) is 1.07. The third kappa shape index (κ3) is 5.07. The zero-order valence-electron chi connectivity index (χ0n) is 17.8. The number of phenolic OH excluding ortho intramolecular Hbond substituents is 1. The summed E-state index contributed by atoms with van der Waals surface area (Å²) in [7, 11) is -2.56. The number of ether oxygens (including phenoxy) is 1. The van der Waals surface area contributed by atoms with E-state index in [9.17, 15) is 18.3 Å². The number of carbonyl (C=O) groups excluding carboxylic acids is 1. The van der Waals surface area contributed by atoms with Crippen LogP contribution in [-0.2, 0) is 21.2 Å². The Bertz CT molecular complexity index is 1430. The van der Waals surface area contributed by atoms with Crippen molar-refractivity contribution in [1.82, 2.24) is 0 Å². The number of hydrogen-bond acceptors (Lipinski definition) is 5. The van der Waals surface area contributed by atoms with Crippen LogP contribution in [0.2, 0.25) is 0 Å². The van der Waals surface area contributed by atoms with Crippen LogP contribution in [0.25, 0.3) is 10.8 Å². The summed E-state index contributed by atoms with van der Waals surface area (Å²) >= 11 is 0. The first-order chi connectivity index (χ1) is 15.9. The normalized spacial score (nSPS) is 11.2. The largest absolute Gasteiger partial charge is 0.506 e. The third-order valence-electron chi connectivity index (χ3n) is 5.08. The van der Waals surface area contributed by atoms with Crippen molar-refractivity contribution in [3.63, 3.8) is 0 Å². The molecule has 8 heteroatoms. The molecular formula is C25H22N2O5S. The van der Waals surface area contributed by atoms with E-state index in [1.54, 1.807) is 24.3 Å². The molecular weight excluding hydrogens is 440 g/mol. The van der Waals surface area contributed by atoms with Gasteiger partial charge in [-0.05, 0) is 46.7 Å². The van der Waals surface area contributed by atoms with E-state index >= 15 is 0 Å². The Kier molecular flexibility index (Phi) is 6.19. The maximum atomic E-state index is 12.9. The van der Waals surface area contributed by atoms with Crippen LogP contribution in [0.1, 0.15) is 5.56 Å². The number of para-hydroxylation sites is 2. The maximum absolute atomic E-state index is 12.9. The molecule has 0 saturated heterocycles. The van der Waals surface area contributed by atoms with Gasteiger partial charge in [-0.15, -0.1) is 0 Å². The first kappa shape index (κ1) is 22.2. The molecule has 0 aliphatic rings. The molecule has 7 nitrogen and oxygen atoms in total. The minimum absolute atomic E-state index is 0.00342. The lowest BCUT2D eigenvalue weighted by molar-refractivity contribution is -0.115. The van der Waals surface area contributed by atoms with Crippen molar-refractivity contribution >= 4 is 38.1 Å². The van der Waals surface area contributed by atoms with Crippen LogP contribution in [0.5, 0.6) is 11.5 Å². The molecule has 1 amide bonds. The molecule has 0 atom stereocenters. The van der Waals surface area contributed by atoms with Gasteiger partial charge in [0, 0.05) is 0 Å². The molecule has 0 radical (unpaired) electrons. The quantitative estimate of drug-likeness (QED) is 0.350. The van der Waals surface area contributed by atoms with E-state index in [1.807, 2.05) is 42.5 Å². The third-order valence-corrected chi connectivity index (χ3v) is 6.45. The van der Waals surface area contributed by atoms with Crippen molar-refractivity contribution in [2.24, 2.45) is 0 Å². The Labute approximate surface area is 191 Å². The highest BCUT2D eigenvalue weighted by Gasteiger charge is 2.19. The van der Waals surface area contributed by atoms with Gasteiger partial charge in [-0.25, -0.2) is 8.42 Å². The highest BCUT2D eigenvalue weighted by atomic mass is 32.2. The highest BCUT2D eigenvalue weighted by Crippen LogP contribution is 2.30. The lowest BCUT2D eigenvalue weighted by Gasteiger charge is -2.13. The van der Waals surface area contributed by atoms with Crippen molar-refractivity contribution in [2.75, 3.05) is 17.1 Å². The van der Waals surface area contributed by atoms with Crippen LogP contribution in [0.4, 0.5) is 11.4 Å². The van der Waals surface area contributed by atoms with Gasteiger partial charge in [0.1, 0.15) is 11.5 Å². The van der Waals surface area contributed by atoms with E-state index in [0.717, 1.165) is 16.3 Å². The van der Waals surface area contributed by atoms with Gasteiger partial charge in [0.2, 0.25) is 5.91 Å². The summed E-state index contributed by atoms with van der Waals surface area (Å²) in [6, 6.07) is 23.8. The van der Waals surface area contributed by atoms with E-state index in [0.29, 0.717) is 5.75 Å². The minimum atomic E-state index is -4.00. The Morgan fingerprint density at radius 1 is 0.879 bits per heavy atom. The summed E-state index contributed by atoms with van der Waals surface area (Å²) in [6.07, 6.45) is 0.0702. The van der Waals surface area contributed by atoms with Crippen molar-refractivity contribution in [3.8, 4) is 11.5 Å². The van der Waals surface area contributed by atoms with E-state index < -0.39 is 10.0 Å². The lowest BCUT2D eigenvalue weighted by atomic mass is 10.0. The van der Waals surface area contributed by atoms with Crippen LogP contribution in [-0.4, -0.2) is 26.5 Å². The second-order valence-electron chi connectivity index (χ2n) is 7.39. The number of sulfonamides is 1. The van der Waals surface area contributed by atoms with E-state index in [-0.39, 0.29) is 34.3 Å². The zero-order valence-corrected chi connectivity index (χ0v) is 18.6. The van der Waals surface area contributed by atoms with Crippen LogP contribution in [0.3, 0.4) is 0 Å². The first-order valence-corrected chi connectivity index (χ1v) is 11.6. The van der Waals surface area contributed by atoms with Gasteiger partial charge in [-0.1, -0.05) is 54.6 Å². The highest BCUT2D eigenvalue weighted by molar-refractivity contribution is 7.92. The summed E-state index contributed by atoms with van der Waals surface area (Å²) in [5.74, 6) is -0.255. The zero-order chi connectivity index (χ0) is 23.4. The topological polar surface area (TPSA) is 105 Å². The first-order valence-electron chi connectivity index (χ1n) is 10.1. The van der Waals surface area contributed by atoms with E-state index in [4.69, 9.17) is 4.74 Å². The fraction of sp³-hybridized carbons (Fsp3) is 0.0800. The second kappa shape index (κ2) is 9.22. The molecule has 0 heterocycles. The molecule has 4 rings (SSSR count). The molecule has 0 fully saturated rings. The summed E-state index contributed by atoms with van der Waals surface area (Å²) in [6.45, 7) is 0. The Morgan fingerprint density at radius 2 is 1.61 bits per heavy atom. The van der Waals surface area contributed by atoms with E-state index in [2.05, 4.69) is 10.0 Å². The van der Waals surface area contributed by atoms with Crippen LogP contribution >= 0.6 is 0 Å². The SMILES string of the molecule is COc1ccccc1NS(=O)(=O)c1ccc(O)c(NC(=O)Cc2ccc3ccccc3c2)c1. The van der Waals surface area contributed by atoms with Crippen molar-refractivity contribution in [2.45, 2.75) is 11.3 Å². The number of aromatic hydroxyl groups is 1. The van der Waals surface area contributed by atoms with Crippen molar-refractivity contribution in [1.29, 1.82) is 0 Å². The average Bonchev–Trinajstić information content (AvgIpc) is 2.80. The molecule has 4 aromatic rings. The Balaban J connectivity index is 1.53. The molecule has 0 unspecified atom stereocenters. The molecule has 168 valence electrons. The summed E-state index contributed by atoms with van der Waals surface area (Å²) in [5, 5.41) is 14.9. The molecule has 0 bridgehead atoms. The van der Waals surface area contributed by atoms with Gasteiger partial charge >= 0.3 is 0 Å². The van der Waals surface area contributed by atoms with Gasteiger partial charge in [-0.3, -0.25) is 9.52 Å². The number of methoxy groups -OCH3 is 1. The van der Waals surface area contributed by atoms with Gasteiger partial charge in [-0.2, -0.15) is 0 Å². The number of anilines is 2. The molecule has 4 aromatic carbocycles.